The molecule has 2 N–H and O–H groups in total. The summed E-state index contributed by atoms with van der Waals surface area (Å²) in [6, 6.07) is 8.18. The lowest BCUT2D eigenvalue weighted by Gasteiger charge is -2.04. The molecule has 0 spiro atoms. The second kappa shape index (κ2) is 4.80. The van der Waals surface area contributed by atoms with E-state index in [1.807, 2.05) is 12.1 Å². The van der Waals surface area contributed by atoms with Gasteiger partial charge in [-0.15, -0.1) is 0 Å². The molecule has 2 aromatic heterocycles. The summed E-state index contributed by atoms with van der Waals surface area (Å²) in [6.45, 7) is 0.553. The molecule has 90 valence electrons. The highest BCUT2D eigenvalue weighted by Gasteiger charge is 2.08. The van der Waals surface area contributed by atoms with Crippen LogP contribution in [0, 0.1) is 0 Å². The number of rotatable bonds is 3. The van der Waals surface area contributed by atoms with Crippen molar-refractivity contribution in [3.63, 3.8) is 0 Å². The van der Waals surface area contributed by atoms with Crippen LogP contribution in [0.25, 0.3) is 10.5 Å². The molecule has 1 aromatic carbocycles. The first-order chi connectivity index (χ1) is 8.86. The van der Waals surface area contributed by atoms with Gasteiger partial charge < -0.3 is 5.73 Å². The van der Waals surface area contributed by atoms with Gasteiger partial charge in [0.2, 0.25) is 0 Å². The topological polar surface area (TPSA) is 64.7 Å². The largest absolute Gasteiger partial charge is 0.326 e. The summed E-state index contributed by atoms with van der Waals surface area (Å²) in [5.74, 6) is 0. The maximum absolute atomic E-state index is 5.74. The fourth-order valence-corrected chi connectivity index (χ4v) is 2.77. The maximum atomic E-state index is 5.74. The van der Waals surface area contributed by atoms with Gasteiger partial charge in [-0.3, -0.25) is 0 Å². The molecule has 5 heteroatoms. The molecule has 0 atom stereocenters. The first-order valence-electron chi connectivity index (χ1n) is 5.70. The van der Waals surface area contributed by atoms with Gasteiger partial charge in [-0.2, -0.15) is 0 Å². The number of fused-ring (bicyclic) bond motifs is 1. The lowest BCUT2D eigenvalue weighted by atomic mass is 10.1. The van der Waals surface area contributed by atoms with E-state index in [0.717, 1.165) is 27.5 Å². The van der Waals surface area contributed by atoms with Crippen molar-refractivity contribution in [3.05, 3.63) is 52.8 Å². The van der Waals surface area contributed by atoms with Gasteiger partial charge in [0.05, 0.1) is 0 Å². The van der Waals surface area contributed by atoms with Gasteiger partial charge in [0.25, 0.3) is 0 Å². The van der Waals surface area contributed by atoms with Gasteiger partial charge in [-0.1, -0.05) is 35.6 Å². The zero-order valence-corrected chi connectivity index (χ0v) is 10.5. The molecule has 0 aliphatic rings. The Kier molecular flexibility index (Phi) is 3.00. The van der Waals surface area contributed by atoms with Crippen molar-refractivity contribution in [1.82, 2.24) is 15.0 Å². The number of thiazole rings is 1. The first kappa shape index (κ1) is 11.3. The summed E-state index contributed by atoms with van der Waals surface area (Å²) >= 11 is 1.59. The van der Waals surface area contributed by atoms with Gasteiger partial charge in [-0.05, 0) is 11.1 Å². The third kappa shape index (κ3) is 2.10. The smallest absolute Gasteiger partial charge is 0.189 e. The number of nitrogens with zero attached hydrogens (tertiary/aromatic N) is 3. The SMILES string of the molecule is NCc1ccccc1Cc1nc2nccnc2s1. The number of benzene rings is 1. The predicted octanol–water partition coefficient (Wildman–Crippen LogP) is 2.14. The molecule has 0 bridgehead atoms. The minimum Gasteiger partial charge on any atom is -0.326 e. The third-order valence-electron chi connectivity index (χ3n) is 2.77. The first-order valence-corrected chi connectivity index (χ1v) is 6.52. The van der Waals surface area contributed by atoms with Crippen molar-refractivity contribution in [3.8, 4) is 0 Å². The molecule has 4 nitrogen and oxygen atoms in total. The molecule has 0 saturated carbocycles. The van der Waals surface area contributed by atoms with Gasteiger partial charge >= 0.3 is 0 Å². The zero-order valence-electron chi connectivity index (χ0n) is 9.71. The highest BCUT2D eigenvalue weighted by molar-refractivity contribution is 7.18. The van der Waals surface area contributed by atoms with E-state index in [0.29, 0.717) is 6.54 Å². The minimum atomic E-state index is 0.553. The second-order valence-corrected chi connectivity index (χ2v) is 5.00. The zero-order chi connectivity index (χ0) is 12.4. The van der Waals surface area contributed by atoms with Gasteiger partial charge in [-0.25, -0.2) is 15.0 Å². The van der Waals surface area contributed by atoms with E-state index in [-0.39, 0.29) is 0 Å². The van der Waals surface area contributed by atoms with Crippen LogP contribution >= 0.6 is 11.3 Å². The van der Waals surface area contributed by atoms with Crippen LogP contribution in [0.15, 0.2) is 36.7 Å². The van der Waals surface area contributed by atoms with E-state index in [2.05, 4.69) is 27.1 Å². The van der Waals surface area contributed by atoms with Crippen molar-refractivity contribution in [2.75, 3.05) is 0 Å². The Morgan fingerprint density at radius 3 is 2.61 bits per heavy atom. The minimum absolute atomic E-state index is 0.553. The molecule has 0 saturated heterocycles. The van der Waals surface area contributed by atoms with Crippen molar-refractivity contribution in [1.29, 1.82) is 0 Å². The average Bonchev–Trinajstić information content (AvgIpc) is 2.81. The molecule has 0 radical (unpaired) electrons. The Balaban J connectivity index is 1.96. The molecule has 0 amide bonds. The Morgan fingerprint density at radius 2 is 1.83 bits per heavy atom. The Hall–Kier alpha value is -1.85. The number of hydrogen-bond donors (Lipinski definition) is 1. The van der Waals surface area contributed by atoms with Crippen LogP contribution in [-0.2, 0) is 13.0 Å². The van der Waals surface area contributed by atoms with Crippen molar-refractivity contribution < 1.29 is 0 Å². The maximum Gasteiger partial charge on any atom is 0.189 e. The fourth-order valence-electron chi connectivity index (χ4n) is 1.89. The van der Waals surface area contributed by atoms with Crippen molar-refractivity contribution in [2.45, 2.75) is 13.0 Å². The summed E-state index contributed by atoms with van der Waals surface area (Å²) in [7, 11) is 0. The molecule has 3 aromatic rings. The fraction of sp³-hybridized carbons (Fsp3) is 0.154. The van der Waals surface area contributed by atoms with Gasteiger partial charge in [0, 0.05) is 25.4 Å². The van der Waals surface area contributed by atoms with Crippen LogP contribution in [0.5, 0.6) is 0 Å². The van der Waals surface area contributed by atoms with E-state index in [9.17, 15) is 0 Å². The predicted molar refractivity (Wildman–Crippen MR) is 72.3 cm³/mol. The van der Waals surface area contributed by atoms with Crippen LogP contribution in [0.4, 0.5) is 0 Å². The molecular weight excluding hydrogens is 244 g/mol. The summed E-state index contributed by atoms with van der Waals surface area (Å²) in [5, 5.41) is 1.03. The van der Waals surface area contributed by atoms with E-state index >= 15 is 0 Å². The van der Waals surface area contributed by atoms with E-state index < -0.39 is 0 Å². The van der Waals surface area contributed by atoms with E-state index in [4.69, 9.17) is 5.73 Å². The lowest BCUT2D eigenvalue weighted by molar-refractivity contribution is 1.01. The monoisotopic (exact) mass is 256 g/mol. The molecule has 3 rings (SSSR count). The summed E-state index contributed by atoms with van der Waals surface area (Å²) in [5.41, 5.74) is 8.85. The van der Waals surface area contributed by atoms with Crippen LogP contribution in [0.1, 0.15) is 16.1 Å². The number of hydrogen-bond acceptors (Lipinski definition) is 5. The lowest BCUT2D eigenvalue weighted by Crippen LogP contribution is -2.01. The normalized spacial score (nSPS) is 10.9. The van der Waals surface area contributed by atoms with Crippen LogP contribution in [-0.4, -0.2) is 15.0 Å². The van der Waals surface area contributed by atoms with E-state index in [1.54, 1.807) is 23.7 Å². The van der Waals surface area contributed by atoms with Crippen LogP contribution in [0.2, 0.25) is 0 Å². The summed E-state index contributed by atoms with van der Waals surface area (Å²) in [4.78, 5) is 13.8. The summed E-state index contributed by atoms with van der Waals surface area (Å²) in [6.07, 6.45) is 4.15. The second-order valence-electron chi connectivity index (χ2n) is 3.94. The van der Waals surface area contributed by atoms with Crippen LogP contribution in [0.3, 0.4) is 0 Å². The molecule has 0 unspecified atom stereocenters. The quantitative estimate of drug-likeness (QED) is 0.779. The highest BCUT2D eigenvalue weighted by atomic mass is 32.1. The number of nitrogens with two attached hydrogens (primary N) is 1. The van der Waals surface area contributed by atoms with E-state index in [1.165, 1.54) is 5.56 Å². The Bertz CT molecular complexity index is 644. The Labute approximate surface area is 109 Å². The molecule has 0 fully saturated rings. The van der Waals surface area contributed by atoms with Crippen molar-refractivity contribution in [2.24, 2.45) is 5.73 Å². The van der Waals surface area contributed by atoms with Crippen LogP contribution < -0.4 is 5.73 Å². The third-order valence-corrected chi connectivity index (χ3v) is 3.72. The molecular formula is C13H12N4S. The summed E-state index contributed by atoms with van der Waals surface area (Å²) < 4.78 is 0. The molecule has 0 aliphatic carbocycles. The Morgan fingerprint density at radius 1 is 1.06 bits per heavy atom. The van der Waals surface area contributed by atoms with Gasteiger partial charge in [0.1, 0.15) is 5.01 Å². The van der Waals surface area contributed by atoms with Gasteiger partial charge in [0.15, 0.2) is 10.5 Å². The molecule has 18 heavy (non-hydrogen) atoms. The standard InChI is InChI=1S/C13H12N4S/c14-8-10-4-2-1-3-9(10)7-11-17-12-13(18-11)16-6-5-15-12/h1-6H,7-8,14H2. The van der Waals surface area contributed by atoms with Crippen molar-refractivity contribution >= 4 is 21.8 Å². The average molecular weight is 256 g/mol. The number of aromatic nitrogens is 3. The molecule has 2 heterocycles. The highest BCUT2D eigenvalue weighted by Crippen LogP contribution is 2.21. The molecule has 0 aliphatic heterocycles.